The molecule has 0 spiro atoms. The fraction of sp³-hybridized carbons (Fsp3) is 0.375. The molecule has 2 aliphatic rings. The van der Waals surface area contributed by atoms with Gasteiger partial charge in [0.25, 0.3) is 5.56 Å². The number of nitrogens with zero attached hydrogens (tertiary/aromatic N) is 3. The van der Waals surface area contributed by atoms with E-state index >= 15 is 0 Å². The second kappa shape index (κ2) is 8.53. The molecule has 168 valence electrons. The molecule has 0 radical (unpaired) electrons. The lowest BCUT2D eigenvalue weighted by Gasteiger charge is -2.23. The Kier molecular flexibility index (Phi) is 5.78. The summed E-state index contributed by atoms with van der Waals surface area (Å²) in [5.74, 6) is 0. The number of carbonyl (C=O) groups is 1. The van der Waals surface area contributed by atoms with Crippen LogP contribution < -0.4 is 16.2 Å². The fourth-order valence-electron chi connectivity index (χ4n) is 4.60. The molecular formula is C24H28N4O4. The van der Waals surface area contributed by atoms with E-state index in [9.17, 15) is 9.59 Å². The van der Waals surface area contributed by atoms with Crippen LogP contribution in [0.25, 0.3) is 22.3 Å². The van der Waals surface area contributed by atoms with Crippen molar-refractivity contribution in [3.8, 4) is 11.4 Å². The highest BCUT2D eigenvalue weighted by atomic mass is 16.7. The molecule has 2 aromatic heterocycles. The Labute approximate surface area is 186 Å². The number of benzene rings is 1. The standard InChI is InChI=1S/C22H22N4O4.C2H6/c1-12-8-18-19-15(10-26(18)21(27)16(12)11-30-22(28)29)20(25-6-2-3-7-25)14-9-13(23)4-5-17(14)24-19;1-2/h4-5,8-9H,2-3,6-7,10-11,23H2,1H3,(H,28,29);1-2H3. The number of hydrogen-bond acceptors (Lipinski definition) is 6. The molecule has 8 nitrogen and oxygen atoms in total. The molecule has 4 heterocycles. The third-order valence-electron chi connectivity index (χ3n) is 6.02. The minimum atomic E-state index is -1.40. The highest BCUT2D eigenvalue weighted by molar-refractivity contribution is 5.99. The van der Waals surface area contributed by atoms with Gasteiger partial charge in [-0.05, 0) is 49.6 Å². The number of anilines is 2. The van der Waals surface area contributed by atoms with E-state index in [0.29, 0.717) is 23.4 Å². The van der Waals surface area contributed by atoms with Crippen LogP contribution in [0.3, 0.4) is 0 Å². The van der Waals surface area contributed by atoms with Gasteiger partial charge >= 0.3 is 6.16 Å². The Balaban J connectivity index is 0.00000119. The summed E-state index contributed by atoms with van der Waals surface area (Å²) in [4.78, 5) is 31.2. The quantitative estimate of drug-likeness (QED) is 0.367. The largest absolute Gasteiger partial charge is 0.506 e. The molecule has 1 saturated heterocycles. The van der Waals surface area contributed by atoms with Crippen molar-refractivity contribution in [2.75, 3.05) is 23.7 Å². The van der Waals surface area contributed by atoms with E-state index in [0.717, 1.165) is 59.5 Å². The van der Waals surface area contributed by atoms with Gasteiger partial charge in [0, 0.05) is 29.7 Å². The minimum Gasteiger partial charge on any atom is -0.450 e. The van der Waals surface area contributed by atoms with Gasteiger partial charge in [-0.2, -0.15) is 0 Å². The lowest BCUT2D eigenvalue weighted by Crippen LogP contribution is -2.25. The summed E-state index contributed by atoms with van der Waals surface area (Å²) in [6.07, 6.45) is 0.858. The summed E-state index contributed by atoms with van der Waals surface area (Å²) in [7, 11) is 0. The van der Waals surface area contributed by atoms with Crippen molar-refractivity contribution in [2.24, 2.45) is 0 Å². The maximum Gasteiger partial charge on any atom is 0.506 e. The first-order chi connectivity index (χ1) is 15.4. The van der Waals surface area contributed by atoms with E-state index in [1.165, 1.54) is 0 Å². The maximum absolute atomic E-state index is 13.2. The average molecular weight is 437 g/mol. The first kappa shape index (κ1) is 21.7. The van der Waals surface area contributed by atoms with Crippen LogP contribution in [-0.2, 0) is 17.9 Å². The molecule has 5 rings (SSSR count). The van der Waals surface area contributed by atoms with Crippen LogP contribution in [0.1, 0.15) is 43.4 Å². The Morgan fingerprint density at radius 2 is 1.94 bits per heavy atom. The van der Waals surface area contributed by atoms with Crippen LogP contribution in [0.2, 0.25) is 0 Å². The zero-order valence-corrected chi connectivity index (χ0v) is 18.6. The van der Waals surface area contributed by atoms with Gasteiger partial charge in [-0.25, -0.2) is 9.78 Å². The molecule has 0 amide bonds. The van der Waals surface area contributed by atoms with E-state index in [2.05, 4.69) is 9.64 Å². The number of aryl methyl sites for hydroxylation is 1. The third-order valence-corrected chi connectivity index (χ3v) is 6.02. The third kappa shape index (κ3) is 3.55. The number of rotatable bonds is 3. The Hall–Kier alpha value is -3.55. The van der Waals surface area contributed by atoms with Gasteiger partial charge in [0.1, 0.15) is 6.61 Å². The molecular weight excluding hydrogens is 408 g/mol. The van der Waals surface area contributed by atoms with Crippen molar-refractivity contribution in [1.82, 2.24) is 9.55 Å². The Morgan fingerprint density at radius 3 is 2.62 bits per heavy atom. The molecule has 8 heteroatoms. The summed E-state index contributed by atoms with van der Waals surface area (Å²) >= 11 is 0. The molecule has 0 aliphatic carbocycles. The van der Waals surface area contributed by atoms with Gasteiger partial charge in [-0.3, -0.25) is 4.79 Å². The predicted octanol–water partition coefficient (Wildman–Crippen LogP) is 4.14. The molecule has 3 N–H and O–H groups in total. The van der Waals surface area contributed by atoms with Crippen molar-refractivity contribution in [2.45, 2.75) is 46.8 Å². The van der Waals surface area contributed by atoms with E-state index in [1.54, 1.807) is 11.5 Å². The molecule has 0 saturated carbocycles. The lowest BCUT2D eigenvalue weighted by atomic mass is 10.0. The van der Waals surface area contributed by atoms with Gasteiger partial charge in [0.15, 0.2) is 0 Å². The zero-order valence-electron chi connectivity index (χ0n) is 18.6. The first-order valence-electron chi connectivity index (χ1n) is 11.0. The normalized spacial score (nSPS) is 14.0. The van der Waals surface area contributed by atoms with Gasteiger partial charge < -0.3 is 25.0 Å². The van der Waals surface area contributed by atoms with Crippen LogP contribution in [0.5, 0.6) is 0 Å². The SMILES string of the molecule is CC.Cc1cc2n(c(=O)c1COC(=O)O)Cc1c-2nc2ccc(N)cc2c1N1CCCC1. The lowest BCUT2D eigenvalue weighted by molar-refractivity contribution is 0.0848. The number of aromatic nitrogens is 2. The van der Waals surface area contributed by atoms with Crippen molar-refractivity contribution in [3.05, 3.63) is 51.3 Å². The molecule has 0 bridgehead atoms. The Bertz CT molecular complexity index is 1260. The number of nitrogens with two attached hydrogens (primary N) is 1. The number of pyridine rings is 2. The molecule has 3 aromatic rings. The van der Waals surface area contributed by atoms with Crippen LogP contribution in [-0.4, -0.2) is 33.9 Å². The predicted molar refractivity (Wildman–Crippen MR) is 125 cm³/mol. The van der Waals surface area contributed by atoms with Crippen LogP contribution in [0, 0.1) is 6.92 Å². The summed E-state index contributed by atoms with van der Waals surface area (Å²) in [6.45, 7) is 7.85. The highest BCUT2D eigenvalue weighted by Gasteiger charge is 2.30. The summed E-state index contributed by atoms with van der Waals surface area (Å²) in [6, 6.07) is 7.62. The molecule has 32 heavy (non-hydrogen) atoms. The summed E-state index contributed by atoms with van der Waals surface area (Å²) < 4.78 is 6.35. The second-order valence-electron chi connectivity index (χ2n) is 7.90. The maximum atomic E-state index is 13.2. The van der Waals surface area contributed by atoms with E-state index in [1.807, 2.05) is 38.1 Å². The average Bonchev–Trinajstić information content (AvgIpc) is 3.42. The van der Waals surface area contributed by atoms with Crippen LogP contribution in [0.15, 0.2) is 29.1 Å². The van der Waals surface area contributed by atoms with Gasteiger partial charge in [-0.15, -0.1) is 0 Å². The van der Waals surface area contributed by atoms with Crippen LogP contribution in [0.4, 0.5) is 16.2 Å². The van der Waals surface area contributed by atoms with E-state index in [4.69, 9.17) is 15.8 Å². The Morgan fingerprint density at radius 1 is 1.22 bits per heavy atom. The van der Waals surface area contributed by atoms with Crippen molar-refractivity contribution >= 4 is 28.4 Å². The number of fused-ring (bicyclic) bond motifs is 4. The number of nitrogen functional groups attached to an aromatic ring is 1. The van der Waals surface area contributed by atoms with Crippen molar-refractivity contribution in [3.63, 3.8) is 0 Å². The van der Waals surface area contributed by atoms with E-state index < -0.39 is 6.16 Å². The summed E-state index contributed by atoms with van der Waals surface area (Å²) in [5.41, 5.74) is 12.1. The highest BCUT2D eigenvalue weighted by Crippen LogP contribution is 2.42. The van der Waals surface area contributed by atoms with E-state index in [-0.39, 0.29) is 12.2 Å². The molecule has 1 fully saturated rings. The number of hydrogen-bond donors (Lipinski definition) is 2. The van der Waals surface area contributed by atoms with Crippen molar-refractivity contribution in [1.29, 1.82) is 0 Å². The monoisotopic (exact) mass is 436 g/mol. The fourth-order valence-corrected chi connectivity index (χ4v) is 4.60. The summed E-state index contributed by atoms with van der Waals surface area (Å²) in [5, 5.41) is 9.83. The van der Waals surface area contributed by atoms with Gasteiger partial charge in [0.2, 0.25) is 0 Å². The van der Waals surface area contributed by atoms with Crippen LogP contribution >= 0.6 is 0 Å². The first-order valence-corrected chi connectivity index (χ1v) is 11.0. The molecule has 0 unspecified atom stereocenters. The molecule has 1 aromatic carbocycles. The second-order valence-corrected chi connectivity index (χ2v) is 7.90. The number of ether oxygens (including phenoxy) is 1. The minimum absolute atomic E-state index is 0.236. The molecule has 0 atom stereocenters. The smallest absolute Gasteiger partial charge is 0.450 e. The number of carboxylic acid groups (broad SMARTS) is 1. The van der Waals surface area contributed by atoms with Gasteiger partial charge in [0.05, 0.1) is 34.7 Å². The zero-order chi connectivity index (χ0) is 23.0. The van der Waals surface area contributed by atoms with Gasteiger partial charge in [-0.1, -0.05) is 13.8 Å². The molecule has 2 aliphatic heterocycles. The topological polar surface area (TPSA) is 111 Å². The van der Waals surface area contributed by atoms with Crippen molar-refractivity contribution < 1.29 is 14.6 Å².